The molecule has 2 aromatic rings. The molecular formula is C17H26N4. The first-order valence-electron chi connectivity index (χ1n) is 7.60. The Balaban J connectivity index is 2.25. The number of benzene rings is 1. The lowest BCUT2D eigenvalue weighted by molar-refractivity contribution is 0.548. The van der Waals surface area contributed by atoms with Gasteiger partial charge in [-0.25, -0.2) is 0 Å². The smallest absolute Gasteiger partial charge is 0.0629 e. The van der Waals surface area contributed by atoms with Gasteiger partial charge in [0.1, 0.15) is 0 Å². The fourth-order valence-corrected chi connectivity index (χ4v) is 2.84. The molecule has 1 unspecified atom stereocenters. The molecule has 0 aliphatic heterocycles. The van der Waals surface area contributed by atoms with Crippen LogP contribution in [0.5, 0.6) is 0 Å². The van der Waals surface area contributed by atoms with E-state index in [9.17, 15) is 0 Å². The molecule has 114 valence electrons. The van der Waals surface area contributed by atoms with Gasteiger partial charge in [0.05, 0.1) is 11.7 Å². The van der Waals surface area contributed by atoms with Crippen LogP contribution >= 0.6 is 0 Å². The minimum atomic E-state index is 0.114. The standard InChI is InChI=1S/C17H26N4/c1-5-7-14-8-6-9-15(10-14)17(19-18)11-16-12(2)20-21(4)13(16)3/h6,8-10,17,19H,5,7,11,18H2,1-4H3. The molecule has 1 aromatic carbocycles. The van der Waals surface area contributed by atoms with Crippen molar-refractivity contribution in [3.05, 3.63) is 52.3 Å². The van der Waals surface area contributed by atoms with E-state index in [1.54, 1.807) is 0 Å². The molecule has 0 radical (unpaired) electrons. The lowest BCUT2D eigenvalue weighted by atomic mass is 9.96. The Morgan fingerprint density at radius 2 is 2.10 bits per heavy atom. The summed E-state index contributed by atoms with van der Waals surface area (Å²) in [6.07, 6.45) is 3.12. The van der Waals surface area contributed by atoms with Crippen LogP contribution in [0.25, 0.3) is 0 Å². The van der Waals surface area contributed by atoms with E-state index < -0.39 is 0 Å². The molecule has 4 heteroatoms. The Labute approximate surface area is 127 Å². The number of hydrogen-bond donors (Lipinski definition) is 2. The van der Waals surface area contributed by atoms with Crippen LogP contribution in [0.4, 0.5) is 0 Å². The second-order valence-corrected chi connectivity index (χ2v) is 5.69. The zero-order valence-corrected chi connectivity index (χ0v) is 13.5. The molecule has 0 aliphatic carbocycles. The van der Waals surface area contributed by atoms with Gasteiger partial charge in [-0.1, -0.05) is 37.6 Å². The van der Waals surface area contributed by atoms with E-state index in [0.29, 0.717) is 0 Å². The van der Waals surface area contributed by atoms with E-state index in [2.05, 4.69) is 55.6 Å². The third-order valence-electron chi connectivity index (χ3n) is 4.16. The van der Waals surface area contributed by atoms with Gasteiger partial charge in [-0.15, -0.1) is 0 Å². The van der Waals surface area contributed by atoms with Crippen LogP contribution in [0, 0.1) is 13.8 Å². The molecule has 0 amide bonds. The van der Waals surface area contributed by atoms with Gasteiger partial charge in [-0.3, -0.25) is 16.0 Å². The van der Waals surface area contributed by atoms with Crippen molar-refractivity contribution in [2.45, 2.75) is 46.1 Å². The summed E-state index contributed by atoms with van der Waals surface area (Å²) in [5.41, 5.74) is 9.14. The number of nitrogens with zero attached hydrogens (tertiary/aromatic N) is 2. The first kappa shape index (κ1) is 15.7. The lowest BCUT2D eigenvalue weighted by Crippen LogP contribution is -2.30. The fraction of sp³-hybridized carbons (Fsp3) is 0.471. The summed E-state index contributed by atoms with van der Waals surface area (Å²) in [4.78, 5) is 0. The summed E-state index contributed by atoms with van der Waals surface area (Å²) in [7, 11) is 1.98. The Morgan fingerprint density at radius 1 is 1.33 bits per heavy atom. The Morgan fingerprint density at radius 3 is 2.67 bits per heavy atom. The van der Waals surface area contributed by atoms with Gasteiger partial charge in [0.25, 0.3) is 0 Å². The molecule has 4 nitrogen and oxygen atoms in total. The highest BCUT2D eigenvalue weighted by Crippen LogP contribution is 2.23. The molecular weight excluding hydrogens is 260 g/mol. The van der Waals surface area contributed by atoms with Gasteiger partial charge in [0.2, 0.25) is 0 Å². The number of aryl methyl sites for hydroxylation is 3. The molecule has 2 rings (SSSR count). The molecule has 0 spiro atoms. The van der Waals surface area contributed by atoms with Crippen LogP contribution in [-0.2, 0) is 19.9 Å². The van der Waals surface area contributed by atoms with Crippen LogP contribution in [0.15, 0.2) is 24.3 Å². The average molecular weight is 286 g/mol. The number of nitrogens with one attached hydrogen (secondary N) is 1. The Bertz CT molecular complexity index is 601. The highest BCUT2D eigenvalue weighted by molar-refractivity contribution is 5.31. The van der Waals surface area contributed by atoms with Gasteiger partial charge < -0.3 is 0 Å². The molecule has 1 heterocycles. The fourth-order valence-electron chi connectivity index (χ4n) is 2.84. The predicted molar refractivity (Wildman–Crippen MR) is 86.9 cm³/mol. The van der Waals surface area contributed by atoms with Gasteiger partial charge in [0, 0.05) is 12.7 Å². The van der Waals surface area contributed by atoms with Gasteiger partial charge in [-0.05, 0) is 43.4 Å². The van der Waals surface area contributed by atoms with E-state index in [-0.39, 0.29) is 6.04 Å². The van der Waals surface area contributed by atoms with Crippen LogP contribution in [0.1, 0.15) is 47.5 Å². The van der Waals surface area contributed by atoms with Crippen LogP contribution < -0.4 is 11.3 Å². The zero-order valence-electron chi connectivity index (χ0n) is 13.5. The summed E-state index contributed by atoms with van der Waals surface area (Å²) in [6.45, 7) is 6.37. The van der Waals surface area contributed by atoms with Crippen LogP contribution in [-0.4, -0.2) is 9.78 Å². The Kier molecular flexibility index (Phi) is 5.15. The topological polar surface area (TPSA) is 55.9 Å². The summed E-state index contributed by atoms with van der Waals surface area (Å²) >= 11 is 0. The van der Waals surface area contributed by atoms with Gasteiger partial charge in [0.15, 0.2) is 0 Å². The molecule has 0 saturated carbocycles. The van der Waals surface area contributed by atoms with Crippen molar-refractivity contribution in [1.82, 2.24) is 15.2 Å². The van der Waals surface area contributed by atoms with Crippen molar-refractivity contribution in [3.63, 3.8) is 0 Å². The summed E-state index contributed by atoms with van der Waals surface area (Å²) < 4.78 is 1.94. The number of rotatable bonds is 6. The van der Waals surface area contributed by atoms with Crippen molar-refractivity contribution in [2.75, 3.05) is 0 Å². The van der Waals surface area contributed by atoms with E-state index in [4.69, 9.17) is 5.84 Å². The summed E-state index contributed by atoms with van der Waals surface area (Å²) in [6, 6.07) is 8.82. The minimum Gasteiger partial charge on any atom is -0.272 e. The Hall–Kier alpha value is -1.65. The average Bonchev–Trinajstić information content (AvgIpc) is 2.71. The van der Waals surface area contributed by atoms with Crippen LogP contribution in [0.2, 0.25) is 0 Å². The van der Waals surface area contributed by atoms with E-state index in [0.717, 1.165) is 25.0 Å². The number of nitrogens with two attached hydrogens (primary N) is 1. The maximum absolute atomic E-state index is 5.81. The lowest BCUT2D eigenvalue weighted by Gasteiger charge is -2.17. The van der Waals surface area contributed by atoms with Crippen molar-refractivity contribution >= 4 is 0 Å². The number of hydrogen-bond acceptors (Lipinski definition) is 3. The third kappa shape index (κ3) is 3.52. The van der Waals surface area contributed by atoms with Crippen molar-refractivity contribution in [3.8, 4) is 0 Å². The van der Waals surface area contributed by atoms with Gasteiger partial charge in [-0.2, -0.15) is 5.10 Å². The normalized spacial score (nSPS) is 12.6. The van der Waals surface area contributed by atoms with Crippen LogP contribution in [0.3, 0.4) is 0 Å². The second-order valence-electron chi connectivity index (χ2n) is 5.69. The molecule has 0 fully saturated rings. The SMILES string of the molecule is CCCc1cccc(C(Cc2c(C)nn(C)c2C)NN)c1. The maximum Gasteiger partial charge on any atom is 0.0629 e. The highest BCUT2D eigenvalue weighted by atomic mass is 15.3. The molecule has 3 N–H and O–H groups in total. The number of hydrazine groups is 1. The monoisotopic (exact) mass is 286 g/mol. The zero-order chi connectivity index (χ0) is 15.4. The maximum atomic E-state index is 5.81. The van der Waals surface area contributed by atoms with Crippen molar-refractivity contribution in [2.24, 2.45) is 12.9 Å². The molecule has 1 aromatic heterocycles. The largest absolute Gasteiger partial charge is 0.272 e. The van der Waals surface area contributed by atoms with E-state index in [1.807, 2.05) is 11.7 Å². The molecule has 1 atom stereocenters. The first-order chi connectivity index (χ1) is 10.1. The highest BCUT2D eigenvalue weighted by Gasteiger charge is 2.17. The number of aromatic nitrogens is 2. The van der Waals surface area contributed by atoms with Gasteiger partial charge >= 0.3 is 0 Å². The summed E-state index contributed by atoms with van der Waals surface area (Å²) in [5, 5.41) is 4.49. The molecule has 21 heavy (non-hydrogen) atoms. The first-order valence-corrected chi connectivity index (χ1v) is 7.60. The molecule has 0 aliphatic rings. The van der Waals surface area contributed by atoms with Crippen molar-refractivity contribution in [1.29, 1.82) is 0 Å². The predicted octanol–water partition coefficient (Wildman–Crippen LogP) is 2.74. The van der Waals surface area contributed by atoms with Crippen molar-refractivity contribution < 1.29 is 0 Å². The quantitative estimate of drug-likeness (QED) is 0.634. The second kappa shape index (κ2) is 6.87. The summed E-state index contributed by atoms with van der Waals surface area (Å²) in [5.74, 6) is 5.81. The van der Waals surface area contributed by atoms with E-state index >= 15 is 0 Å². The third-order valence-corrected chi connectivity index (χ3v) is 4.16. The molecule has 0 saturated heterocycles. The molecule has 0 bridgehead atoms. The van der Waals surface area contributed by atoms with E-state index in [1.165, 1.54) is 22.4 Å². The minimum absolute atomic E-state index is 0.114.